The minimum absolute atomic E-state index is 0.109. The topological polar surface area (TPSA) is 72.8 Å². The zero-order chi connectivity index (χ0) is 13.3. The first-order valence-corrected chi connectivity index (χ1v) is 6.06. The second-order valence-electron chi connectivity index (χ2n) is 4.77. The van der Waals surface area contributed by atoms with E-state index in [1.165, 1.54) is 18.2 Å². The third kappa shape index (κ3) is 2.26. The van der Waals surface area contributed by atoms with E-state index >= 15 is 0 Å². The molecule has 18 heavy (non-hydrogen) atoms. The highest BCUT2D eigenvalue weighted by Gasteiger charge is 2.29. The summed E-state index contributed by atoms with van der Waals surface area (Å²) in [5, 5.41) is 22.0. The van der Waals surface area contributed by atoms with Crippen molar-refractivity contribution in [1.29, 1.82) is 0 Å². The Kier molecular flexibility index (Phi) is 3.43. The molecule has 3 N–H and O–H groups in total. The molecule has 0 saturated carbocycles. The van der Waals surface area contributed by atoms with Gasteiger partial charge in [0.15, 0.2) is 11.5 Å². The number of nitrogens with one attached hydrogen (secondary N) is 1. The highest BCUT2D eigenvalue weighted by Crippen LogP contribution is 2.26. The van der Waals surface area contributed by atoms with Gasteiger partial charge in [-0.15, -0.1) is 0 Å². The van der Waals surface area contributed by atoms with Crippen LogP contribution in [-0.4, -0.2) is 46.2 Å². The maximum atomic E-state index is 12.4. The molecule has 0 aromatic heterocycles. The predicted molar refractivity (Wildman–Crippen MR) is 67.7 cm³/mol. The summed E-state index contributed by atoms with van der Waals surface area (Å²) in [5.74, 6) is -0.601. The first-order valence-electron chi connectivity index (χ1n) is 6.06. The first kappa shape index (κ1) is 12.7. The molecule has 0 bridgehead atoms. The van der Waals surface area contributed by atoms with Crippen LogP contribution in [0.4, 0.5) is 0 Å². The van der Waals surface area contributed by atoms with Crippen LogP contribution in [0.5, 0.6) is 11.5 Å². The van der Waals surface area contributed by atoms with Crippen LogP contribution < -0.4 is 5.32 Å². The second kappa shape index (κ2) is 4.86. The van der Waals surface area contributed by atoms with Crippen LogP contribution >= 0.6 is 0 Å². The molecule has 1 fully saturated rings. The van der Waals surface area contributed by atoms with Gasteiger partial charge in [0.1, 0.15) is 0 Å². The van der Waals surface area contributed by atoms with Crippen molar-refractivity contribution in [3.8, 4) is 11.5 Å². The van der Waals surface area contributed by atoms with Crippen LogP contribution in [0.25, 0.3) is 0 Å². The quantitative estimate of drug-likeness (QED) is 0.648. The van der Waals surface area contributed by atoms with E-state index in [1.54, 1.807) is 0 Å². The average molecular weight is 250 g/mol. The lowest BCUT2D eigenvalue weighted by molar-refractivity contribution is 0.0544. The van der Waals surface area contributed by atoms with Gasteiger partial charge in [0.25, 0.3) is 5.91 Å². The number of carbonyl (C=O) groups is 1. The second-order valence-corrected chi connectivity index (χ2v) is 4.77. The number of benzene rings is 1. The van der Waals surface area contributed by atoms with E-state index in [9.17, 15) is 15.0 Å². The Morgan fingerprint density at radius 3 is 2.39 bits per heavy atom. The van der Waals surface area contributed by atoms with E-state index < -0.39 is 0 Å². The Balaban J connectivity index is 2.26. The molecular formula is C13H18N2O3. The van der Waals surface area contributed by atoms with E-state index in [2.05, 4.69) is 5.32 Å². The van der Waals surface area contributed by atoms with Gasteiger partial charge in [-0.3, -0.25) is 4.79 Å². The van der Waals surface area contributed by atoms with Gasteiger partial charge in [-0.05, 0) is 32.0 Å². The molecule has 1 heterocycles. The number of amides is 1. The number of nitrogens with zero attached hydrogens (tertiary/aromatic N) is 1. The highest BCUT2D eigenvalue weighted by atomic mass is 16.3. The zero-order valence-corrected chi connectivity index (χ0v) is 10.6. The molecule has 98 valence electrons. The number of aromatic hydroxyl groups is 2. The fourth-order valence-corrected chi connectivity index (χ4v) is 2.34. The minimum atomic E-state index is -0.267. The summed E-state index contributed by atoms with van der Waals surface area (Å²) in [5.41, 5.74) is 0.394. The van der Waals surface area contributed by atoms with E-state index in [0.29, 0.717) is 5.56 Å². The van der Waals surface area contributed by atoms with E-state index in [0.717, 1.165) is 13.1 Å². The molecule has 5 nitrogen and oxygen atoms in total. The summed E-state index contributed by atoms with van der Waals surface area (Å²) in [4.78, 5) is 14.2. The molecule has 1 amide bonds. The fraction of sp³-hybridized carbons (Fsp3) is 0.462. The van der Waals surface area contributed by atoms with Crippen LogP contribution in [0.3, 0.4) is 0 Å². The number of piperazine rings is 1. The van der Waals surface area contributed by atoms with Gasteiger partial charge in [-0.1, -0.05) is 0 Å². The number of phenols is 2. The summed E-state index contributed by atoms with van der Waals surface area (Å²) < 4.78 is 0. The largest absolute Gasteiger partial charge is 0.504 e. The Morgan fingerprint density at radius 1 is 1.22 bits per heavy atom. The highest BCUT2D eigenvalue weighted by molar-refractivity contribution is 5.95. The lowest BCUT2D eigenvalue weighted by Gasteiger charge is -2.39. The van der Waals surface area contributed by atoms with Crippen molar-refractivity contribution in [2.75, 3.05) is 13.1 Å². The maximum Gasteiger partial charge on any atom is 0.254 e. The van der Waals surface area contributed by atoms with Crippen LogP contribution in [0.2, 0.25) is 0 Å². The van der Waals surface area contributed by atoms with Gasteiger partial charge in [-0.2, -0.15) is 0 Å². The average Bonchev–Trinajstić information content (AvgIpc) is 2.32. The molecule has 2 atom stereocenters. The Bertz CT molecular complexity index is 452. The predicted octanol–water partition coefficient (Wildman–Crippen LogP) is 0.920. The number of carbonyl (C=O) groups excluding carboxylic acids is 1. The van der Waals surface area contributed by atoms with Gasteiger partial charge in [0, 0.05) is 30.7 Å². The molecule has 1 aromatic carbocycles. The number of phenolic OH excluding ortho intramolecular Hbond substituents is 2. The molecule has 0 spiro atoms. The van der Waals surface area contributed by atoms with Crippen LogP contribution in [-0.2, 0) is 0 Å². The van der Waals surface area contributed by atoms with E-state index in [4.69, 9.17) is 0 Å². The van der Waals surface area contributed by atoms with Crippen molar-refractivity contribution in [2.45, 2.75) is 25.9 Å². The summed E-state index contributed by atoms with van der Waals surface area (Å²) in [6, 6.07) is 4.38. The van der Waals surface area contributed by atoms with Crippen LogP contribution in [0, 0.1) is 0 Å². The van der Waals surface area contributed by atoms with Crippen LogP contribution in [0.1, 0.15) is 24.2 Å². The lowest BCUT2D eigenvalue weighted by atomic mass is 10.1. The molecule has 1 aliphatic heterocycles. The lowest BCUT2D eigenvalue weighted by Crippen LogP contribution is -2.57. The molecule has 1 aromatic rings. The minimum Gasteiger partial charge on any atom is -0.504 e. The third-order valence-electron chi connectivity index (χ3n) is 3.29. The molecule has 5 heteroatoms. The Labute approximate surface area is 106 Å². The standard InChI is InChI=1S/C13H18N2O3/c1-8-6-14-7-9(2)15(8)13(18)10-3-4-11(16)12(17)5-10/h3-5,8-9,14,16-17H,6-7H2,1-2H3. The summed E-state index contributed by atoms with van der Waals surface area (Å²) in [6.07, 6.45) is 0. The molecule has 1 aliphatic rings. The number of rotatable bonds is 1. The normalized spacial score (nSPS) is 24.0. The Morgan fingerprint density at radius 2 is 1.83 bits per heavy atom. The van der Waals surface area contributed by atoms with Gasteiger partial charge in [0.05, 0.1) is 0 Å². The third-order valence-corrected chi connectivity index (χ3v) is 3.29. The molecule has 0 aliphatic carbocycles. The van der Waals surface area contributed by atoms with Crippen molar-refractivity contribution >= 4 is 5.91 Å². The summed E-state index contributed by atoms with van der Waals surface area (Å²) in [6.45, 7) is 5.50. The zero-order valence-electron chi connectivity index (χ0n) is 10.6. The monoisotopic (exact) mass is 250 g/mol. The van der Waals surface area contributed by atoms with Crippen molar-refractivity contribution in [3.05, 3.63) is 23.8 Å². The summed E-state index contributed by atoms with van der Waals surface area (Å²) in [7, 11) is 0. The van der Waals surface area contributed by atoms with Crippen molar-refractivity contribution in [1.82, 2.24) is 10.2 Å². The van der Waals surface area contributed by atoms with Crippen molar-refractivity contribution in [2.24, 2.45) is 0 Å². The number of hydrogen-bond donors (Lipinski definition) is 3. The fourth-order valence-electron chi connectivity index (χ4n) is 2.34. The van der Waals surface area contributed by atoms with Crippen molar-refractivity contribution in [3.63, 3.8) is 0 Å². The molecule has 2 unspecified atom stereocenters. The van der Waals surface area contributed by atoms with Gasteiger partial charge in [-0.25, -0.2) is 0 Å². The Hall–Kier alpha value is -1.75. The molecule has 1 saturated heterocycles. The van der Waals surface area contributed by atoms with Crippen LogP contribution in [0.15, 0.2) is 18.2 Å². The van der Waals surface area contributed by atoms with Crippen molar-refractivity contribution < 1.29 is 15.0 Å². The maximum absolute atomic E-state index is 12.4. The van der Waals surface area contributed by atoms with Gasteiger partial charge < -0.3 is 20.4 Å². The smallest absolute Gasteiger partial charge is 0.254 e. The van der Waals surface area contributed by atoms with E-state index in [1.807, 2.05) is 18.7 Å². The first-order chi connectivity index (χ1) is 8.50. The van der Waals surface area contributed by atoms with Gasteiger partial charge >= 0.3 is 0 Å². The SMILES string of the molecule is CC1CNCC(C)N1C(=O)c1ccc(O)c(O)c1. The summed E-state index contributed by atoms with van der Waals surface area (Å²) >= 11 is 0. The van der Waals surface area contributed by atoms with E-state index in [-0.39, 0.29) is 29.5 Å². The molecular weight excluding hydrogens is 232 g/mol. The number of hydrogen-bond acceptors (Lipinski definition) is 4. The molecule has 2 rings (SSSR count). The molecule has 0 radical (unpaired) electrons. The van der Waals surface area contributed by atoms with Gasteiger partial charge in [0.2, 0.25) is 0 Å².